The Morgan fingerprint density at radius 2 is 1.62 bits per heavy atom. The van der Waals surface area contributed by atoms with Gasteiger partial charge in [-0.25, -0.2) is 4.39 Å². The zero-order valence-corrected chi connectivity index (χ0v) is 14.2. The van der Waals surface area contributed by atoms with Crippen molar-refractivity contribution in [2.24, 2.45) is 0 Å². The quantitative estimate of drug-likeness (QED) is 0.822. The summed E-state index contributed by atoms with van der Waals surface area (Å²) in [5.41, 5.74) is 7.92. The fourth-order valence-electron chi connectivity index (χ4n) is 3.37. The van der Waals surface area contributed by atoms with Crippen molar-refractivity contribution in [2.75, 3.05) is 5.73 Å². The summed E-state index contributed by atoms with van der Waals surface area (Å²) in [5, 5.41) is 3.20. The van der Waals surface area contributed by atoms with Gasteiger partial charge in [0.1, 0.15) is 5.82 Å². The highest BCUT2D eigenvalue weighted by atomic mass is 35.5. The number of halogens is 2. The Kier molecular flexibility index (Phi) is 5.84. The van der Waals surface area contributed by atoms with E-state index in [1.54, 1.807) is 24.3 Å². The van der Waals surface area contributed by atoms with Gasteiger partial charge in [-0.15, -0.1) is 12.4 Å². The number of anilines is 1. The second kappa shape index (κ2) is 7.67. The van der Waals surface area contributed by atoms with Gasteiger partial charge in [0.25, 0.3) is 0 Å². The van der Waals surface area contributed by atoms with Crippen molar-refractivity contribution in [2.45, 2.75) is 37.6 Å². The Bertz CT molecular complexity index is 680. The summed E-state index contributed by atoms with van der Waals surface area (Å²) < 4.78 is 13.2. The van der Waals surface area contributed by atoms with Gasteiger partial charge in [-0.05, 0) is 48.2 Å². The maximum Gasteiger partial charge on any atom is 0.225 e. The number of rotatable bonds is 4. The van der Waals surface area contributed by atoms with Crippen LogP contribution in [-0.2, 0) is 16.8 Å². The van der Waals surface area contributed by atoms with Gasteiger partial charge in [-0.2, -0.15) is 0 Å². The standard InChI is InChI=1S/C19H21FN2O.ClH/c20-16-7-5-15(6-8-16)19(11-1-2-12-19)22-18(23)13-14-3-9-17(21)10-4-14;/h3-10H,1-2,11-13,21H2,(H,22,23);1H. The monoisotopic (exact) mass is 348 g/mol. The van der Waals surface area contributed by atoms with Crippen LogP contribution in [0.2, 0.25) is 0 Å². The Hall–Kier alpha value is -2.07. The number of carbonyl (C=O) groups excluding carboxylic acids is 1. The van der Waals surface area contributed by atoms with Crippen molar-refractivity contribution < 1.29 is 9.18 Å². The Balaban J connectivity index is 0.00000208. The molecule has 128 valence electrons. The van der Waals surface area contributed by atoms with Crippen molar-refractivity contribution in [3.8, 4) is 0 Å². The average molecular weight is 349 g/mol. The average Bonchev–Trinajstić information content (AvgIpc) is 2.99. The number of nitrogen functional groups attached to an aromatic ring is 1. The minimum atomic E-state index is -0.363. The van der Waals surface area contributed by atoms with Crippen LogP contribution in [0, 0.1) is 5.82 Å². The third kappa shape index (κ3) is 4.06. The molecule has 0 atom stereocenters. The molecule has 5 heteroatoms. The van der Waals surface area contributed by atoms with Gasteiger partial charge in [0.05, 0.1) is 12.0 Å². The molecule has 3 rings (SSSR count). The summed E-state index contributed by atoms with van der Waals surface area (Å²) in [4.78, 5) is 12.5. The lowest BCUT2D eigenvalue weighted by molar-refractivity contribution is -0.122. The first kappa shape index (κ1) is 18.3. The Morgan fingerprint density at radius 3 is 2.21 bits per heavy atom. The molecule has 3 nitrogen and oxygen atoms in total. The molecule has 3 N–H and O–H groups in total. The van der Waals surface area contributed by atoms with Crippen LogP contribution in [-0.4, -0.2) is 5.91 Å². The van der Waals surface area contributed by atoms with Crippen molar-refractivity contribution in [3.63, 3.8) is 0 Å². The molecular weight excluding hydrogens is 327 g/mol. The van der Waals surface area contributed by atoms with E-state index in [2.05, 4.69) is 5.32 Å². The topological polar surface area (TPSA) is 55.1 Å². The molecule has 0 aliphatic heterocycles. The van der Waals surface area contributed by atoms with Gasteiger partial charge in [-0.1, -0.05) is 37.1 Å². The number of hydrogen-bond donors (Lipinski definition) is 2. The van der Waals surface area contributed by atoms with Crippen LogP contribution in [0.5, 0.6) is 0 Å². The molecule has 0 aromatic heterocycles. The van der Waals surface area contributed by atoms with Crippen LogP contribution in [0.15, 0.2) is 48.5 Å². The number of nitrogens with one attached hydrogen (secondary N) is 1. The molecule has 1 fully saturated rings. The number of carbonyl (C=O) groups is 1. The van der Waals surface area contributed by atoms with Gasteiger partial charge < -0.3 is 11.1 Å². The first-order valence-corrected chi connectivity index (χ1v) is 7.99. The molecule has 0 unspecified atom stereocenters. The van der Waals surface area contributed by atoms with Gasteiger partial charge in [0.15, 0.2) is 0 Å². The van der Waals surface area contributed by atoms with E-state index in [1.165, 1.54) is 12.1 Å². The SMILES string of the molecule is Cl.Nc1ccc(CC(=O)NC2(c3ccc(F)cc3)CCCC2)cc1. The Labute approximate surface area is 147 Å². The van der Waals surface area contributed by atoms with Gasteiger partial charge in [-0.3, -0.25) is 4.79 Å². The van der Waals surface area contributed by atoms with E-state index in [4.69, 9.17) is 5.73 Å². The fraction of sp³-hybridized carbons (Fsp3) is 0.316. The summed E-state index contributed by atoms with van der Waals surface area (Å²) >= 11 is 0. The van der Waals surface area contributed by atoms with Crippen molar-refractivity contribution in [1.82, 2.24) is 5.32 Å². The Morgan fingerprint density at radius 1 is 1.04 bits per heavy atom. The van der Waals surface area contributed by atoms with Gasteiger partial charge in [0.2, 0.25) is 5.91 Å². The number of nitrogens with two attached hydrogens (primary N) is 1. The van der Waals surface area contributed by atoms with Crippen LogP contribution in [0.4, 0.5) is 10.1 Å². The van der Waals surface area contributed by atoms with Gasteiger partial charge in [0, 0.05) is 5.69 Å². The molecule has 1 saturated carbocycles. The summed E-state index contributed by atoms with van der Waals surface area (Å²) in [6.07, 6.45) is 4.25. The molecule has 0 spiro atoms. The lowest BCUT2D eigenvalue weighted by Gasteiger charge is -2.31. The smallest absolute Gasteiger partial charge is 0.225 e. The second-order valence-corrected chi connectivity index (χ2v) is 6.26. The molecule has 1 amide bonds. The molecule has 2 aromatic rings. The van der Waals surface area contributed by atoms with E-state index in [0.29, 0.717) is 12.1 Å². The zero-order valence-electron chi connectivity index (χ0n) is 13.4. The van der Waals surface area contributed by atoms with Crippen LogP contribution in [0.3, 0.4) is 0 Å². The maximum absolute atomic E-state index is 13.2. The fourth-order valence-corrected chi connectivity index (χ4v) is 3.37. The number of amides is 1. The predicted octanol–water partition coefficient (Wildman–Crippen LogP) is 3.96. The van der Waals surface area contributed by atoms with E-state index in [-0.39, 0.29) is 29.7 Å². The van der Waals surface area contributed by atoms with Gasteiger partial charge >= 0.3 is 0 Å². The predicted molar refractivity (Wildman–Crippen MR) is 96.5 cm³/mol. The molecule has 1 aliphatic carbocycles. The molecule has 0 saturated heterocycles. The zero-order chi connectivity index (χ0) is 16.3. The third-order valence-electron chi connectivity index (χ3n) is 4.58. The van der Waals surface area contributed by atoms with Crippen LogP contribution in [0.25, 0.3) is 0 Å². The highest BCUT2D eigenvalue weighted by Crippen LogP contribution is 2.38. The molecule has 1 aliphatic rings. The molecule has 0 radical (unpaired) electrons. The first-order valence-electron chi connectivity index (χ1n) is 7.99. The van der Waals surface area contributed by atoms with E-state index < -0.39 is 0 Å². The minimum Gasteiger partial charge on any atom is -0.399 e. The minimum absolute atomic E-state index is 0. The first-order chi connectivity index (χ1) is 11.1. The van der Waals surface area contributed by atoms with E-state index in [1.807, 2.05) is 12.1 Å². The number of hydrogen-bond acceptors (Lipinski definition) is 2. The molecule has 0 bridgehead atoms. The maximum atomic E-state index is 13.2. The van der Waals surface area contributed by atoms with Crippen molar-refractivity contribution in [1.29, 1.82) is 0 Å². The van der Waals surface area contributed by atoms with Crippen molar-refractivity contribution in [3.05, 3.63) is 65.5 Å². The summed E-state index contributed by atoms with van der Waals surface area (Å²) in [6.45, 7) is 0. The highest BCUT2D eigenvalue weighted by molar-refractivity contribution is 5.85. The largest absolute Gasteiger partial charge is 0.399 e. The molecule has 2 aromatic carbocycles. The normalized spacial score (nSPS) is 15.5. The summed E-state index contributed by atoms with van der Waals surface area (Å²) in [6, 6.07) is 13.8. The second-order valence-electron chi connectivity index (χ2n) is 6.26. The summed E-state index contributed by atoms with van der Waals surface area (Å²) in [5.74, 6) is -0.268. The van der Waals surface area contributed by atoms with Crippen LogP contribution < -0.4 is 11.1 Å². The lowest BCUT2D eigenvalue weighted by atomic mass is 9.87. The van der Waals surface area contributed by atoms with E-state index in [0.717, 1.165) is 36.8 Å². The summed E-state index contributed by atoms with van der Waals surface area (Å²) in [7, 11) is 0. The third-order valence-corrected chi connectivity index (χ3v) is 4.58. The van der Waals surface area contributed by atoms with Crippen LogP contribution in [0.1, 0.15) is 36.8 Å². The lowest BCUT2D eigenvalue weighted by Crippen LogP contribution is -2.44. The molecule has 24 heavy (non-hydrogen) atoms. The molecule has 0 heterocycles. The van der Waals surface area contributed by atoms with Crippen LogP contribution >= 0.6 is 12.4 Å². The highest BCUT2D eigenvalue weighted by Gasteiger charge is 2.36. The number of benzene rings is 2. The molecular formula is C19H22ClFN2O. The van der Waals surface area contributed by atoms with Crippen molar-refractivity contribution >= 4 is 24.0 Å². The van der Waals surface area contributed by atoms with E-state index >= 15 is 0 Å². The van der Waals surface area contributed by atoms with E-state index in [9.17, 15) is 9.18 Å².